The maximum absolute atomic E-state index is 13.3. The lowest BCUT2D eigenvalue weighted by molar-refractivity contribution is -0.118. The number of nitriles is 1. The van der Waals surface area contributed by atoms with Crippen LogP contribution in [0.5, 0.6) is 5.75 Å². The van der Waals surface area contributed by atoms with Crippen LogP contribution in [-0.2, 0) is 10.3 Å². The van der Waals surface area contributed by atoms with Gasteiger partial charge in [-0.1, -0.05) is 26.0 Å². The van der Waals surface area contributed by atoms with E-state index in [1.54, 1.807) is 12.1 Å². The van der Waals surface area contributed by atoms with Crippen molar-refractivity contribution in [2.45, 2.75) is 58.9 Å². The second kappa shape index (κ2) is 6.25. The van der Waals surface area contributed by atoms with Gasteiger partial charge in [-0.15, -0.1) is 0 Å². The molecule has 2 aliphatic rings. The Bertz CT molecular complexity index is 1070. The zero-order valence-corrected chi connectivity index (χ0v) is 17.6. The van der Waals surface area contributed by atoms with Crippen molar-refractivity contribution in [1.82, 2.24) is 4.57 Å². The first-order chi connectivity index (χ1) is 13.5. The number of benzene rings is 1. The largest absolute Gasteiger partial charge is 0.508 e. The number of aromatic hydroxyl groups is 1. The number of phenolic OH excluding ortho intramolecular Hbond substituents is 1. The van der Waals surface area contributed by atoms with Crippen LogP contribution in [0.2, 0.25) is 0 Å². The second-order valence-corrected chi connectivity index (χ2v) is 9.94. The molecule has 5 heteroatoms. The number of rotatable bonds is 1. The number of hydrogen-bond acceptors (Lipinski definition) is 4. The van der Waals surface area contributed by atoms with Crippen molar-refractivity contribution >= 4 is 11.6 Å². The zero-order valence-electron chi connectivity index (χ0n) is 17.6. The fraction of sp³-hybridized carbons (Fsp3) is 0.417. The predicted octanol–water partition coefficient (Wildman–Crippen LogP) is 5.02. The summed E-state index contributed by atoms with van der Waals surface area (Å²) in [4.78, 5) is 13.3. The van der Waals surface area contributed by atoms with Crippen molar-refractivity contribution in [3.05, 3.63) is 58.4 Å². The van der Waals surface area contributed by atoms with E-state index in [1.165, 1.54) is 0 Å². The summed E-state index contributed by atoms with van der Waals surface area (Å²) in [6.07, 6.45) is 3.15. The number of fused-ring (bicyclic) bond motifs is 1. The summed E-state index contributed by atoms with van der Waals surface area (Å²) in [5.74, 6) is 0.876. The molecule has 1 aromatic heterocycles. The van der Waals surface area contributed by atoms with Crippen molar-refractivity contribution in [2.75, 3.05) is 5.32 Å². The van der Waals surface area contributed by atoms with Gasteiger partial charge in [0.15, 0.2) is 5.78 Å². The highest BCUT2D eigenvalue weighted by atomic mass is 16.3. The van der Waals surface area contributed by atoms with Crippen LogP contribution in [0.25, 0.3) is 0 Å². The summed E-state index contributed by atoms with van der Waals surface area (Å²) in [6, 6.07) is 9.32. The third-order valence-corrected chi connectivity index (χ3v) is 5.88. The van der Waals surface area contributed by atoms with Crippen LogP contribution >= 0.6 is 0 Å². The molecule has 0 bridgehead atoms. The quantitative estimate of drug-likeness (QED) is 0.718. The summed E-state index contributed by atoms with van der Waals surface area (Å²) in [5.41, 5.74) is 3.70. The SMILES string of the molecule is CC1(C)CC(=O)C2=C(C1)Nc1c(c(C#N)cn1C(C)(C)C)[C@H]2c1ccc(O)cc1. The number of hydrogen-bond donors (Lipinski definition) is 2. The Hall–Kier alpha value is -3.00. The van der Waals surface area contributed by atoms with Gasteiger partial charge in [0.05, 0.1) is 5.56 Å². The van der Waals surface area contributed by atoms with E-state index in [4.69, 9.17) is 0 Å². The van der Waals surface area contributed by atoms with Gasteiger partial charge in [-0.05, 0) is 50.3 Å². The molecule has 29 heavy (non-hydrogen) atoms. The Balaban J connectivity index is 2.02. The van der Waals surface area contributed by atoms with Crippen molar-refractivity contribution in [3.8, 4) is 11.8 Å². The van der Waals surface area contributed by atoms with Gasteiger partial charge in [-0.25, -0.2) is 0 Å². The summed E-state index contributed by atoms with van der Waals surface area (Å²) in [5, 5.41) is 23.2. The summed E-state index contributed by atoms with van der Waals surface area (Å²) >= 11 is 0. The Kier molecular flexibility index (Phi) is 4.16. The molecule has 4 rings (SSSR count). The van der Waals surface area contributed by atoms with E-state index < -0.39 is 0 Å². The number of carbonyl (C=O) groups is 1. The first-order valence-electron chi connectivity index (χ1n) is 10.00. The van der Waals surface area contributed by atoms with Gasteiger partial charge >= 0.3 is 0 Å². The highest BCUT2D eigenvalue weighted by molar-refractivity contribution is 6.01. The third kappa shape index (κ3) is 3.13. The van der Waals surface area contributed by atoms with E-state index in [1.807, 2.05) is 18.3 Å². The van der Waals surface area contributed by atoms with Gasteiger partial charge in [-0.3, -0.25) is 4.79 Å². The summed E-state index contributed by atoms with van der Waals surface area (Å²) in [7, 11) is 0. The van der Waals surface area contributed by atoms with E-state index in [-0.39, 0.29) is 28.4 Å². The maximum atomic E-state index is 13.3. The summed E-state index contributed by atoms with van der Waals surface area (Å²) in [6.45, 7) is 10.5. The molecule has 1 aliphatic heterocycles. The molecule has 0 fully saturated rings. The number of ketones is 1. The van der Waals surface area contributed by atoms with Crippen LogP contribution in [0, 0.1) is 16.7 Å². The minimum atomic E-state index is -0.316. The van der Waals surface area contributed by atoms with Gasteiger partial charge in [0.2, 0.25) is 0 Å². The van der Waals surface area contributed by atoms with E-state index in [0.717, 1.165) is 34.6 Å². The number of aromatic nitrogens is 1. The first kappa shape index (κ1) is 19.3. The van der Waals surface area contributed by atoms with Crippen LogP contribution < -0.4 is 5.32 Å². The number of carbonyl (C=O) groups excluding carboxylic acids is 1. The number of phenols is 1. The molecule has 0 unspecified atom stereocenters. The van der Waals surface area contributed by atoms with Gasteiger partial charge < -0.3 is 15.0 Å². The number of anilines is 1. The molecule has 0 saturated carbocycles. The van der Waals surface area contributed by atoms with Crippen molar-refractivity contribution in [3.63, 3.8) is 0 Å². The second-order valence-electron chi connectivity index (χ2n) is 9.94. The molecule has 1 aromatic carbocycles. The smallest absolute Gasteiger partial charge is 0.162 e. The van der Waals surface area contributed by atoms with Crippen molar-refractivity contribution < 1.29 is 9.90 Å². The highest BCUT2D eigenvalue weighted by Gasteiger charge is 2.43. The molecule has 2 N–H and O–H groups in total. The summed E-state index contributed by atoms with van der Waals surface area (Å²) < 4.78 is 2.10. The molecule has 0 spiro atoms. The Morgan fingerprint density at radius 3 is 2.45 bits per heavy atom. The van der Waals surface area contributed by atoms with E-state index in [0.29, 0.717) is 12.0 Å². The first-order valence-corrected chi connectivity index (χ1v) is 10.00. The normalized spacial score (nSPS) is 20.6. The van der Waals surface area contributed by atoms with Crippen LogP contribution in [0.1, 0.15) is 70.1 Å². The topological polar surface area (TPSA) is 78.0 Å². The Labute approximate surface area is 171 Å². The Morgan fingerprint density at radius 2 is 1.86 bits per heavy atom. The number of allylic oxidation sites excluding steroid dienone is 2. The molecule has 0 saturated heterocycles. The molecule has 0 amide bonds. The molecule has 150 valence electrons. The van der Waals surface area contributed by atoms with Gasteiger partial charge in [0.25, 0.3) is 0 Å². The monoisotopic (exact) mass is 389 g/mol. The average molecular weight is 389 g/mol. The number of nitrogens with zero attached hydrogens (tertiary/aromatic N) is 2. The molecule has 5 nitrogen and oxygen atoms in total. The zero-order chi connectivity index (χ0) is 21.1. The van der Waals surface area contributed by atoms with Crippen LogP contribution in [0.15, 0.2) is 41.7 Å². The fourth-order valence-corrected chi connectivity index (χ4v) is 4.63. The number of nitrogens with one attached hydrogen (secondary N) is 1. The molecule has 2 aromatic rings. The minimum Gasteiger partial charge on any atom is -0.508 e. The lowest BCUT2D eigenvalue weighted by Gasteiger charge is -2.40. The molecule has 0 radical (unpaired) electrons. The standard InChI is InChI=1S/C24H27N3O2/c1-23(2,3)27-13-15(12-25)20-19(14-6-8-16(28)9-7-14)21-17(26-22(20)27)10-24(4,5)11-18(21)29/h6-9,13,19,26,28H,10-11H2,1-5H3/t19-/m1/s1. The van der Waals surface area contributed by atoms with Gasteiger partial charge in [-0.2, -0.15) is 5.26 Å². The molecule has 1 atom stereocenters. The lowest BCUT2D eigenvalue weighted by atomic mass is 9.69. The van der Waals surface area contributed by atoms with E-state index >= 15 is 0 Å². The van der Waals surface area contributed by atoms with Crippen molar-refractivity contribution in [1.29, 1.82) is 5.26 Å². The highest BCUT2D eigenvalue weighted by Crippen LogP contribution is 2.51. The van der Waals surface area contributed by atoms with Gasteiger partial charge in [0, 0.05) is 40.9 Å². The van der Waals surface area contributed by atoms with Crippen LogP contribution in [-0.4, -0.2) is 15.5 Å². The number of Topliss-reactive ketones (excluding diaryl/α,β-unsaturated/α-hetero) is 1. The lowest BCUT2D eigenvalue weighted by Crippen LogP contribution is -2.35. The minimum absolute atomic E-state index is 0.114. The van der Waals surface area contributed by atoms with E-state index in [2.05, 4.69) is 50.6 Å². The van der Waals surface area contributed by atoms with Crippen molar-refractivity contribution in [2.24, 2.45) is 5.41 Å². The maximum Gasteiger partial charge on any atom is 0.162 e. The fourth-order valence-electron chi connectivity index (χ4n) is 4.63. The third-order valence-electron chi connectivity index (χ3n) is 5.88. The van der Waals surface area contributed by atoms with Crippen LogP contribution in [0.3, 0.4) is 0 Å². The predicted molar refractivity (Wildman–Crippen MR) is 113 cm³/mol. The Morgan fingerprint density at radius 1 is 1.21 bits per heavy atom. The molecule has 2 heterocycles. The van der Waals surface area contributed by atoms with Gasteiger partial charge in [0.1, 0.15) is 17.6 Å². The molecular formula is C24H27N3O2. The molecular weight excluding hydrogens is 362 g/mol. The average Bonchev–Trinajstić information content (AvgIpc) is 2.98. The van der Waals surface area contributed by atoms with Crippen LogP contribution in [0.4, 0.5) is 5.82 Å². The van der Waals surface area contributed by atoms with E-state index in [9.17, 15) is 15.2 Å². The molecule has 1 aliphatic carbocycles.